The molecule has 0 aliphatic heterocycles. The van der Waals surface area contributed by atoms with E-state index in [0.717, 1.165) is 5.56 Å². The molecule has 1 unspecified atom stereocenters. The van der Waals surface area contributed by atoms with Gasteiger partial charge in [0.2, 0.25) is 5.91 Å². The van der Waals surface area contributed by atoms with Gasteiger partial charge < -0.3 is 15.7 Å². The third kappa shape index (κ3) is 5.19. The predicted octanol–water partition coefficient (Wildman–Crippen LogP) is 1.96. The Morgan fingerprint density at radius 3 is 2.33 bits per heavy atom. The Hall–Kier alpha value is -1.55. The minimum Gasteiger partial charge on any atom is -0.508 e. The largest absolute Gasteiger partial charge is 0.508 e. The van der Waals surface area contributed by atoms with Crippen molar-refractivity contribution in [3.8, 4) is 5.75 Å². The number of hydrogen-bond donors (Lipinski definition) is 3. The summed E-state index contributed by atoms with van der Waals surface area (Å²) >= 11 is 0. The predicted molar refractivity (Wildman–Crippen MR) is 72.4 cm³/mol. The van der Waals surface area contributed by atoms with Gasteiger partial charge in [-0.3, -0.25) is 4.79 Å². The van der Waals surface area contributed by atoms with Gasteiger partial charge in [-0.2, -0.15) is 0 Å². The second kappa shape index (κ2) is 5.87. The van der Waals surface area contributed by atoms with Crippen LogP contribution < -0.4 is 10.6 Å². The van der Waals surface area contributed by atoms with E-state index in [4.69, 9.17) is 0 Å². The van der Waals surface area contributed by atoms with Gasteiger partial charge in [0.1, 0.15) is 5.75 Å². The van der Waals surface area contributed by atoms with Gasteiger partial charge in [0, 0.05) is 11.6 Å². The summed E-state index contributed by atoms with van der Waals surface area (Å²) in [5, 5.41) is 15.2. The van der Waals surface area contributed by atoms with Gasteiger partial charge in [0.15, 0.2) is 0 Å². The van der Waals surface area contributed by atoms with E-state index in [1.54, 1.807) is 12.1 Å². The Morgan fingerprint density at radius 1 is 1.28 bits per heavy atom. The van der Waals surface area contributed by atoms with Crippen molar-refractivity contribution in [3.63, 3.8) is 0 Å². The number of rotatable bonds is 4. The number of amides is 1. The fourth-order valence-electron chi connectivity index (χ4n) is 1.59. The van der Waals surface area contributed by atoms with Crippen LogP contribution in [0.2, 0.25) is 0 Å². The summed E-state index contributed by atoms with van der Waals surface area (Å²) < 4.78 is 0. The molecule has 1 amide bonds. The van der Waals surface area contributed by atoms with Crippen molar-refractivity contribution < 1.29 is 9.90 Å². The molecular formula is C14H22N2O2. The number of carbonyl (C=O) groups is 1. The summed E-state index contributed by atoms with van der Waals surface area (Å²) in [7, 11) is 0. The van der Waals surface area contributed by atoms with E-state index >= 15 is 0 Å². The average Bonchev–Trinajstić information content (AvgIpc) is 2.24. The fourth-order valence-corrected chi connectivity index (χ4v) is 1.59. The lowest BCUT2D eigenvalue weighted by Gasteiger charge is -2.21. The highest BCUT2D eigenvalue weighted by molar-refractivity contribution is 5.78. The highest BCUT2D eigenvalue weighted by Crippen LogP contribution is 2.15. The smallest absolute Gasteiger partial charge is 0.234 e. The third-order valence-corrected chi connectivity index (χ3v) is 2.48. The third-order valence-electron chi connectivity index (χ3n) is 2.48. The molecule has 0 heterocycles. The van der Waals surface area contributed by atoms with Gasteiger partial charge >= 0.3 is 0 Å². The minimum atomic E-state index is -0.208. The van der Waals surface area contributed by atoms with E-state index in [9.17, 15) is 9.90 Å². The standard InChI is InChI=1S/C14H22N2O2/c1-10(11-5-7-12(17)8-6-11)15-9-13(18)16-14(2,3)4/h5-8,10,15,17H,9H2,1-4H3,(H,16,18). The lowest BCUT2D eigenvalue weighted by atomic mass is 10.1. The van der Waals surface area contributed by atoms with Gasteiger partial charge in [0.25, 0.3) is 0 Å². The SMILES string of the molecule is CC(NCC(=O)NC(C)(C)C)c1ccc(O)cc1. The van der Waals surface area contributed by atoms with Crippen LogP contribution >= 0.6 is 0 Å². The molecule has 0 saturated carbocycles. The van der Waals surface area contributed by atoms with Crippen molar-refractivity contribution in [2.24, 2.45) is 0 Å². The Labute approximate surface area is 108 Å². The van der Waals surface area contributed by atoms with Crippen LogP contribution in [-0.2, 0) is 4.79 Å². The van der Waals surface area contributed by atoms with Crippen LogP contribution in [0.4, 0.5) is 0 Å². The molecule has 0 aliphatic carbocycles. The van der Waals surface area contributed by atoms with E-state index in [0.29, 0.717) is 0 Å². The topological polar surface area (TPSA) is 61.4 Å². The van der Waals surface area contributed by atoms with Gasteiger partial charge in [0.05, 0.1) is 6.54 Å². The van der Waals surface area contributed by atoms with Crippen LogP contribution in [0.15, 0.2) is 24.3 Å². The number of benzene rings is 1. The molecule has 1 aromatic rings. The van der Waals surface area contributed by atoms with Crippen LogP contribution in [0.3, 0.4) is 0 Å². The average molecular weight is 250 g/mol. The normalized spacial score (nSPS) is 13.1. The highest BCUT2D eigenvalue weighted by Gasteiger charge is 2.14. The summed E-state index contributed by atoms with van der Waals surface area (Å²) in [6, 6.07) is 7.03. The van der Waals surface area contributed by atoms with Crippen molar-refractivity contribution in [2.75, 3.05) is 6.54 Å². The van der Waals surface area contributed by atoms with Crippen LogP contribution in [0, 0.1) is 0 Å². The number of phenolic OH excluding ortho intramolecular Hbond substituents is 1. The van der Waals surface area contributed by atoms with Crippen molar-refractivity contribution >= 4 is 5.91 Å². The van der Waals surface area contributed by atoms with Crippen molar-refractivity contribution in [1.29, 1.82) is 0 Å². The number of hydrogen-bond acceptors (Lipinski definition) is 3. The maximum Gasteiger partial charge on any atom is 0.234 e. The molecule has 18 heavy (non-hydrogen) atoms. The molecule has 0 radical (unpaired) electrons. The molecule has 3 N–H and O–H groups in total. The van der Waals surface area contributed by atoms with Gasteiger partial charge in [-0.15, -0.1) is 0 Å². The lowest BCUT2D eigenvalue weighted by molar-refractivity contribution is -0.121. The maximum absolute atomic E-state index is 11.6. The van der Waals surface area contributed by atoms with Gasteiger partial charge in [-0.05, 0) is 45.4 Å². The molecule has 0 fully saturated rings. The Bertz CT molecular complexity index is 393. The van der Waals surface area contributed by atoms with E-state index < -0.39 is 0 Å². The molecule has 1 aromatic carbocycles. The molecule has 4 heteroatoms. The number of aromatic hydroxyl groups is 1. The first-order valence-electron chi connectivity index (χ1n) is 6.11. The zero-order valence-corrected chi connectivity index (χ0v) is 11.4. The van der Waals surface area contributed by atoms with Crippen LogP contribution in [0.25, 0.3) is 0 Å². The first-order chi connectivity index (χ1) is 8.28. The quantitative estimate of drug-likeness (QED) is 0.765. The second-order valence-electron chi connectivity index (χ2n) is 5.49. The first-order valence-corrected chi connectivity index (χ1v) is 6.11. The Morgan fingerprint density at radius 2 is 1.83 bits per heavy atom. The highest BCUT2D eigenvalue weighted by atomic mass is 16.3. The van der Waals surface area contributed by atoms with E-state index in [1.807, 2.05) is 39.8 Å². The molecule has 0 spiro atoms. The maximum atomic E-state index is 11.6. The Kier molecular flexibility index (Phi) is 4.73. The van der Waals surface area contributed by atoms with E-state index in [2.05, 4.69) is 10.6 Å². The van der Waals surface area contributed by atoms with Crippen LogP contribution in [0.1, 0.15) is 39.3 Å². The molecule has 4 nitrogen and oxygen atoms in total. The summed E-state index contributed by atoms with van der Waals surface area (Å²) in [6.07, 6.45) is 0. The number of phenols is 1. The van der Waals surface area contributed by atoms with Crippen LogP contribution in [-0.4, -0.2) is 23.1 Å². The van der Waals surface area contributed by atoms with Crippen molar-refractivity contribution in [1.82, 2.24) is 10.6 Å². The monoisotopic (exact) mass is 250 g/mol. The number of nitrogens with one attached hydrogen (secondary N) is 2. The van der Waals surface area contributed by atoms with Crippen molar-refractivity contribution in [2.45, 2.75) is 39.3 Å². The summed E-state index contributed by atoms with van der Waals surface area (Å²) in [5.74, 6) is 0.226. The second-order valence-corrected chi connectivity index (χ2v) is 5.49. The summed E-state index contributed by atoms with van der Waals surface area (Å²) in [4.78, 5) is 11.6. The number of carbonyl (C=O) groups excluding carboxylic acids is 1. The zero-order valence-electron chi connectivity index (χ0n) is 11.4. The minimum absolute atomic E-state index is 0.0203. The zero-order chi connectivity index (χ0) is 13.8. The molecule has 0 aromatic heterocycles. The summed E-state index contributed by atoms with van der Waals surface area (Å²) in [6.45, 7) is 8.12. The van der Waals surface area contributed by atoms with Gasteiger partial charge in [-0.25, -0.2) is 0 Å². The lowest BCUT2D eigenvalue weighted by Crippen LogP contribution is -2.45. The molecule has 1 rings (SSSR count). The molecule has 1 atom stereocenters. The summed E-state index contributed by atoms with van der Waals surface area (Å²) in [5.41, 5.74) is 0.830. The molecular weight excluding hydrogens is 228 g/mol. The van der Waals surface area contributed by atoms with Crippen LogP contribution in [0.5, 0.6) is 5.75 Å². The first kappa shape index (κ1) is 14.5. The molecule has 0 bridgehead atoms. The fraction of sp³-hybridized carbons (Fsp3) is 0.500. The van der Waals surface area contributed by atoms with E-state index in [1.165, 1.54) is 0 Å². The molecule has 100 valence electrons. The molecule has 0 aliphatic rings. The van der Waals surface area contributed by atoms with Crippen molar-refractivity contribution in [3.05, 3.63) is 29.8 Å². The molecule has 0 saturated heterocycles. The van der Waals surface area contributed by atoms with E-state index in [-0.39, 0.29) is 29.8 Å². The Balaban J connectivity index is 2.44. The van der Waals surface area contributed by atoms with Gasteiger partial charge in [-0.1, -0.05) is 12.1 Å².